The summed E-state index contributed by atoms with van der Waals surface area (Å²) < 4.78 is 49.7. The van der Waals surface area contributed by atoms with E-state index >= 15 is 0 Å². The van der Waals surface area contributed by atoms with Crippen LogP contribution in [0.25, 0.3) is 0 Å². The van der Waals surface area contributed by atoms with Crippen LogP contribution in [0.5, 0.6) is 23.0 Å². The lowest BCUT2D eigenvalue weighted by Gasteiger charge is -2.26. The molecule has 8 heteroatoms. The predicted octanol–water partition coefficient (Wildman–Crippen LogP) is 2.44. The third-order valence-corrected chi connectivity index (χ3v) is 6.10. The topological polar surface area (TPSA) is 74.3 Å². The molecule has 0 saturated carbocycles. The van der Waals surface area contributed by atoms with Crippen LogP contribution >= 0.6 is 0 Å². The minimum absolute atomic E-state index is 0.151. The lowest BCUT2D eigenvalue weighted by molar-refractivity contribution is 0.171. The standard InChI is InChI=1S/C18H19NO6S/c1-2-19(13-3-5-15-17(11-13)24-9-7-22-15)26(20,21)14-4-6-16-18(12-14)25-10-8-23-16/h3-6,11-12H,2,7-10H2,1H3. The van der Waals surface area contributed by atoms with Crippen molar-refractivity contribution in [3.8, 4) is 23.0 Å². The summed E-state index contributed by atoms with van der Waals surface area (Å²) in [5.41, 5.74) is 0.520. The zero-order chi connectivity index (χ0) is 18.1. The van der Waals surface area contributed by atoms with E-state index in [-0.39, 0.29) is 11.4 Å². The SMILES string of the molecule is CCN(c1ccc2c(c1)OCCO2)S(=O)(=O)c1ccc2c(c1)OCCO2. The number of benzene rings is 2. The van der Waals surface area contributed by atoms with E-state index in [1.165, 1.54) is 16.4 Å². The number of sulfonamides is 1. The molecular weight excluding hydrogens is 358 g/mol. The summed E-state index contributed by atoms with van der Waals surface area (Å²) in [6, 6.07) is 9.79. The van der Waals surface area contributed by atoms with Crippen LogP contribution in [0.4, 0.5) is 5.69 Å². The van der Waals surface area contributed by atoms with Crippen LogP contribution in [0, 0.1) is 0 Å². The third-order valence-electron chi connectivity index (χ3n) is 4.20. The van der Waals surface area contributed by atoms with Gasteiger partial charge in [-0.05, 0) is 31.2 Å². The predicted molar refractivity (Wildman–Crippen MR) is 95.1 cm³/mol. The van der Waals surface area contributed by atoms with Gasteiger partial charge in [-0.15, -0.1) is 0 Å². The van der Waals surface area contributed by atoms with Crippen molar-refractivity contribution < 1.29 is 27.4 Å². The van der Waals surface area contributed by atoms with Crippen molar-refractivity contribution in [3.05, 3.63) is 36.4 Å². The zero-order valence-electron chi connectivity index (χ0n) is 14.3. The molecule has 0 unspecified atom stereocenters. The van der Waals surface area contributed by atoms with Crippen LogP contribution < -0.4 is 23.3 Å². The molecule has 0 fully saturated rings. The fourth-order valence-corrected chi connectivity index (χ4v) is 4.47. The molecule has 0 aromatic heterocycles. The van der Waals surface area contributed by atoms with Gasteiger partial charge in [0.15, 0.2) is 23.0 Å². The molecule has 0 bridgehead atoms. The highest BCUT2D eigenvalue weighted by atomic mass is 32.2. The maximum atomic E-state index is 13.2. The molecule has 2 aliphatic heterocycles. The molecule has 0 N–H and O–H groups in total. The molecule has 26 heavy (non-hydrogen) atoms. The average Bonchev–Trinajstić information content (AvgIpc) is 2.68. The van der Waals surface area contributed by atoms with Gasteiger partial charge in [0.05, 0.1) is 10.6 Å². The molecule has 0 aliphatic carbocycles. The Morgan fingerprint density at radius 3 is 1.96 bits per heavy atom. The van der Waals surface area contributed by atoms with Crippen molar-refractivity contribution in [3.63, 3.8) is 0 Å². The van der Waals surface area contributed by atoms with E-state index in [0.717, 1.165) is 0 Å². The molecule has 0 spiro atoms. The molecule has 0 saturated heterocycles. The molecule has 138 valence electrons. The first-order valence-electron chi connectivity index (χ1n) is 8.41. The molecule has 0 amide bonds. The largest absolute Gasteiger partial charge is 0.486 e. The molecular formula is C18H19NO6S. The highest BCUT2D eigenvalue weighted by Crippen LogP contribution is 2.37. The van der Waals surface area contributed by atoms with E-state index in [9.17, 15) is 8.42 Å². The lowest BCUT2D eigenvalue weighted by Crippen LogP contribution is -2.31. The smallest absolute Gasteiger partial charge is 0.264 e. The molecule has 0 radical (unpaired) electrons. The Balaban J connectivity index is 1.71. The van der Waals surface area contributed by atoms with Gasteiger partial charge in [-0.2, -0.15) is 0 Å². The van der Waals surface area contributed by atoms with Crippen LogP contribution in [0.3, 0.4) is 0 Å². The first-order chi connectivity index (χ1) is 12.6. The van der Waals surface area contributed by atoms with Gasteiger partial charge < -0.3 is 18.9 Å². The van der Waals surface area contributed by atoms with E-state index in [4.69, 9.17) is 18.9 Å². The minimum Gasteiger partial charge on any atom is -0.486 e. The fraction of sp³-hybridized carbons (Fsp3) is 0.333. The first-order valence-corrected chi connectivity index (χ1v) is 9.85. The van der Waals surface area contributed by atoms with Gasteiger partial charge in [0.1, 0.15) is 26.4 Å². The van der Waals surface area contributed by atoms with E-state index in [1.54, 1.807) is 31.2 Å². The van der Waals surface area contributed by atoms with Gasteiger partial charge in [0.25, 0.3) is 10.0 Å². The normalized spacial score (nSPS) is 15.4. The Bertz CT molecular complexity index is 927. The molecule has 0 atom stereocenters. The number of ether oxygens (including phenoxy) is 4. The fourth-order valence-electron chi connectivity index (χ4n) is 2.99. The summed E-state index contributed by atoms with van der Waals surface area (Å²) >= 11 is 0. The maximum Gasteiger partial charge on any atom is 0.264 e. The quantitative estimate of drug-likeness (QED) is 0.815. The van der Waals surface area contributed by atoms with E-state index in [2.05, 4.69) is 0 Å². The average molecular weight is 377 g/mol. The first kappa shape index (κ1) is 16.8. The number of hydrogen-bond acceptors (Lipinski definition) is 6. The van der Waals surface area contributed by atoms with Crippen LogP contribution in [0.15, 0.2) is 41.3 Å². The van der Waals surface area contributed by atoms with Crippen molar-refractivity contribution in [1.82, 2.24) is 0 Å². The van der Waals surface area contributed by atoms with Gasteiger partial charge in [-0.1, -0.05) is 0 Å². The van der Waals surface area contributed by atoms with Crippen molar-refractivity contribution >= 4 is 15.7 Å². The summed E-state index contributed by atoms with van der Waals surface area (Å²) in [6.07, 6.45) is 0. The highest BCUT2D eigenvalue weighted by molar-refractivity contribution is 7.92. The molecule has 2 heterocycles. The Hall–Kier alpha value is -2.61. The Morgan fingerprint density at radius 1 is 0.808 bits per heavy atom. The van der Waals surface area contributed by atoms with Crippen molar-refractivity contribution in [2.45, 2.75) is 11.8 Å². The summed E-state index contributed by atoms with van der Waals surface area (Å²) in [5, 5.41) is 0. The number of rotatable bonds is 4. The number of hydrogen-bond donors (Lipinski definition) is 0. The minimum atomic E-state index is -3.76. The summed E-state index contributed by atoms with van der Waals surface area (Å²) in [5.74, 6) is 2.16. The van der Waals surface area contributed by atoms with E-state index in [0.29, 0.717) is 55.1 Å². The van der Waals surface area contributed by atoms with Crippen molar-refractivity contribution in [1.29, 1.82) is 0 Å². The Morgan fingerprint density at radius 2 is 1.35 bits per heavy atom. The van der Waals surface area contributed by atoms with Gasteiger partial charge in [0.2, 0.25) is 0 Å². The zero-order valence-corrected chi connectivity index (χ0v) is 15.1. The summed E-state index contributed by atoms with van der Waals surface area (Å²) in [7, 11) is -3.76. The van der Waals surface area contributed by atoms with Crippen LogP contribution in [0.1, 0.15) is 6.92 Å². The van der Waals surface area contributed by atoms with Crippen molar-refractivity contribution in [2.75, 3.05) is 37.3 Å². The van der Waals surface area contributed by atoms with Crippen LogP contribution in [-0.4, -0.2) is 41.4 Å². The van der Waals surface area contributed by atoms with Gasteiger partial charge in [0, 0.05) is 18.7 Å². The monoisotopic (exact) mass is 377 g/mol. The van der Waals surface area contributed by atoms with E-state index < -0.39 is 10.0 Å². The lowest BCUT2D eigenvalue weighted by atomic mass is 10.2. The molecule has 7 nitrogen and oxygen atoms in total. The highest BCUT2D eigenvalue weighted by Gasteiger charge is 2.27. The van der Waals surface area contributed by atoms with E-state index in [1.807, 2.05) is 0 Å². The van der Waals surface area contributed by atoms with Gasteiger partial charge >= 0.3 is 0 Å². The van der Waals surface area contributed by atoms with Gasteiger partial charge in [-0.25, -0.2) is 8.42 Å². The second kappa shape index (κ2) is 6.60. The van der Waals surface area contributed by atoms with Crippen molar-refractivity contribution in [2.24, 2.45) is 0 Å². The van der Waals surface area contributed by atoms with Crippen LogP contribution in [0.2, 0.25) is 0 Å². The summed E-state index contributed by atoms with van der Waals surface area (Å²) in [4.78, 5) is 0.151. The number of anilines is 1. The molecule has 2 aromatic carbocycles. The third kappa shape index (κ3) is 2.90. The number of fused-ring (bicyclic) bond motifs is 2. The summed E-state index contributed by atoms with van der Waals surface area (Å²) in [6.45, 7) is 3.84. The molecule has 4 rings (SSSR count). The second-order valence-corrected chi connectivity index (χ2v) is 7.67. The molecule has 2 aliphatic rings. The Kier molecular flexibility index (Phi) is 4.28. The Labute approximate surface area is 152 Å². The number of nitrogens with zero attached hydrogens (tertiary/aromatic N) is 1. The molecule has 2 aromatic rings. The maximum absolute atomic E-state index is 13.2. The second-order valence-electron chi connectivity index (χ2n) is 5.80. The van der Waals surface area contributed by atoms with Gasteiger partial charge in [-0.3, -0.25) is 4.31 Å². The van der Waals surface area contributed by atoms with Crippen LogP contribution in [-0.2, 0) is 10.0 Å².